The summed E-state index contributed by atoms with van der Waals surface area (Å²) in [5, 5.41) is 7.88. The van der Waals surface area contributed by atoms with Crippen LogP contribution in [-0.4, -0.2) is 71.3 Å². The molecule has 2 aliphatic rings. The van der Waals surface area contributed by atoms with E-state index in [9.17, 15) is 4.79 Å². The van der Waals surface area contributed by atoms with Crippen molar-refractivity contribution in [3.8, 4) is 0 Å². The Balaban J connectivity index is 1.61. The van der Waals surface area contributed by atoms with Crippen molar-refractivity contribution in [1.29, 1.82) is 0 Å². The molecule has 3 heterocycles. The number of carbonyl (C=O) groups is 1. The molecule has 2 saturated heterocycles. The van der Waals surface area contributed by atoms with Crippen LogP contribution in [0.25, 0.3) is 0 Å². The summed E-state index contributed by atoms with van der Waals surface area (Å²) < 4.78 is 5.36. The molecule has 2 aliphatic heterocycles. The largest absolute Gasteiger partial charge is 0.379 e. The van der Waals surface area contributed by atoms with Gasteiger partial charge >= 0.3 is 0 Å². The number of halogens is 1. The van der Waals surface area contributed by atoms with Crippen LogP contribution in [0.1, 0.15) is 16.9 Å². The lowest BCUT2D eigenvalue weighted by Crippen LogP contribution is -2.45. The highest BCUT2D eigenvalue weighted by Crippen LogP contribution is 2.18. The molecular formula is C13H17ClN4O2. The molecule has 1 aromatic heterocycles. The Morgan fingerprint density at radius 1 is 1.25 bits per heavy atom. The van der Waals surface area contributed by atoms with E-state index in [1.165, 1.54) is 0 Å². The summed E-state index contributed by atoms with van der Waals surface area (Å²) >= 11 is 5.68. The van der Waals surface area contributed by atoms with E-state index in [0.717, 1.165) is 45.8 Å². The van der Waals surface area contributed by atoms with Crippen molar-refractivity contribution < 1.29 is 9.53 Å². The SMILES string of the molecule is O=C(c1ccc(Cl)nn1)N1CCC(N2CCOCC2)C1. The molecule has 0 bridgehead atoms. The first-order chi connectivity index (χ1) is 9.74. The number of rotatable bonds is 2. The van der Waals surface area contributed by atoms with Gasteiger partial charge in [0, 0.05) is 32.2 Å². The quantitative estimate of drug-likeness (QED) is 0.803. The summed E-state index contributed by atoms with van der Waals surface area (Å²) in [6, 6.07) is 3.65. The highest BCUT2D eigenvalue weighted by atomic mass is 35.5. The van der Waals surface area contributed by atoms with Crippen molar-refractivity contribution in [3.63, 3.8) is 0 Å². The van der Waals surface area contributed by atoms with Crippen LogP contribution in [0, 0.1) is 0 Å². The zero-order chi connectivity index (χ0) is 13.9. The maximum atomic E-state index is 12.3. The van der Waals surface area contributed by atoms with Gasteiger partial charge in [-0.1, -0.05) is 11.6 Å². The Morgan fingerprint density at radius 3 is 2.75 bits per heavy atom. The van der Waals surface area contributed by atoms with Crippen molar-refractivity contribution in [2.75, 3.05) is 39.4 Å². The lowest BCUT2D eigenvalue weighted by atomic mass is 10.2. The van der Waals surface area contributed by atoms with Crippen LogP contribution in [0.3, 0.4) is 0 Å². The average molecular weight is 297 g/mol. The maximum absolute atomic E-state index is 12.3. The van der Waals surface area contributed by atoms with E-state index in [2.05, 4.69) is 15.1 Å². The normalized spacial score (nSPS) is 24.1. The molecule has 7 heteroatoms. The molecule has 2 fully saturated rings. The maximum Gasteiger partial charge on any atom is 0.274 e. The molecule has 20 heavy (non-hydrogen) atoms. The fourth-order valence-corrected chi connectivity index (χ4v) is 2.86. The fraction of sp³-hybridized carbons (Fsp3) is 0.615. The number of ether oxygens (including phenoxy) is 1. The zero-order valence-corrected chi connectivity index (χ0v) is 11.9. The third-order valence-corrected chi connectivity index (χ3v) is 4.07. The van der Waals surface area contributed by atoms with Gasteiger partial charge in [0.15, 0.2) is 10.8 Å². The first-order valence-corrected chi connectivity index (χ1v) is 7.22. The number of amides is 1. The zero-order valence-electron chi connectivity index (χ0n) is 11.2. The van der Waals surface area contributed by atoms with E-state index in [0.29, 0.717) is 16.9 Å². The predicted octanol–water partition coefficient (Wildman–Crippen LogP) is 0.677. The van der Waals surface area contributed by atoms with Gasteiger partial charge in [-0.05, 0) is 18.6 Å². The number of aromatic nitrogens is 2. The molecule has 1 aromatic rings. The predicted molar refractivity (Wildman–Crippen MR) is 73.7 cm³/mol. The summed E-state index contributed by atoms with van der Waals surface area (Å²) in [6.45, 7) is 5.00. The standard InChI is InChI=1S/C13H17ClN4O2/c14-12-2-1-11(15-16-12)13(19)18-4-3-10(9-18)17-5-7-20-8-6-17/h1-2,10H,3-9H2. The second kappa shape index (κ2) is 6.03. The number of carbonyl (C=O) groups excluding carboxylic acids is 1. The van der Waals surface area contributed by atoms with Gasteiger partial charge in [-0.2, -0.15) is 0 Å². The smallest absolute Gasteiger partial charge is 0.274 e. The van der Waals surface area contributed by atoms with Crippen LogP contribution in [0.5, 0.6) is 0 Å². The van der Waals surface area contributed by atoms with E-state index >= 15 is 0 Å². The highest BCUT2D eigenvalue weighted by molar-refractivity contribution is 6.29. The monoisotopic (exact) mass is 296 g/mol. The Bertz CT molecular complexity index is 476. The minimum Gasteiger partial charge on any atom is -0.379 e. The van der Waals surface area contributed by atoms with Gasteiger partial charge < -0.3 is 9.64 Å². The molecule has 1 unspecified atom stereocenters. The molecule has 0 aromatic carbocycles. The van der Waals surface area contributed by atoms with E-state index in [1.807, 2.05) is 4.90 Å². The van der Waals surface area contributed by atoms with Crippen LogP contribution in [0.15, 0.2) is 12.1 Å². The topological polar surface area (TPSA) is 58.6 Å². The van der Waals surface area contributed by atoms with Crippen LogP contribution >= 0.6 is 11.6 Å². The Labute approximate surface area is 122 Å². The molecule has 0 aliphatic carbocycles. The Kier molecular flexibility index (Phi) is 4.14. The van der Waals surface area contributed by atoms with Gasteiger partial charge in [0.1, 0.15) is 0 Å². The molecule has 3 rings (SSSR count). The molecule has 1 atom stereocenters. The highest BCUT2D eigenvalue weighted by Gasteiger charge is 2.32. The fourth-order valence-electron chi connectivity index (χ4n) is 2.76. The van der Waals surface area contributed by atoms with Gasteiger partial charge in [0.05, 0.1) is 13.2 Å². The van der Waals surface area contributed by atoms with Crippen molar-refractivity contribution in [2.45, 2.75) is 12.5 Å². The molecule has 108 valence electrons. The second-order valence-corrected chi connectivity index (χ2v) is 5.47. The number of morpholine rings is 1. The van der Waals surface area contributed by atoms with Crippen LogP contribution < -0.4 is 0 Å². The molecule has 6 nitrogen and oxygen atoms in total. The first-order valence-electron chi connectivity index (χ1n) is 6.84. The van der Waals surface area contributed by atoms with Crippen LogP contribution in [0.2, 0.25) is 5.15 Å². The van der Waals surface area contributed by atoms with Gasteiger partial charge in [0.25, 0.3) is 5.91 Å². The van der Waals surface area contributed by atoms with E-state index in [1.54, 1.807) is 12.1 Å². The summed E-state index contributed by atoms with van der Waals surface area (Å²) in [4.78, 5) is 16.6. The van der Waals surface area contributed by atoms with E-state index in [-0.39, 0.29) is 5.91 Å². The van der Waals surface area contributed by atoms with Crippen LogP contribution in [0.4, 0.5) is 0 Å². The van der Waals surface area contributed by atoms with Crippen molar-refractivity contribution in [3.05, 3.63) is 23.0 Å². The Morgan fingerprint density at radius 2 is 2.05 bits per heavy atom. The van der Waals surface area contributed by atoms with Gasteiger partial charge in [-0.3, -0.25) is 9.69 Å². The lowest BCUT2D eigenvalue weighted by molar-refractivity contribution is 0.0185. The number of likely N-dealkylation sites (tertiary alicyclic amines) is 1. The number of hydrogen-bond donors (Lipinski definition) is 0. The van der Waals surface area contributed by atoms with E-state index in [4.69, 9.17) is 16.3 Å². The van der Waals surface area contributed by atoms with Crippen molar-refractivity contribution >= 4 is 17.5 Å². The van der Waals surface area contributed by atoms with Gasteiger partial charge in [0.2, 0.25) is 0 Å². The molecule has 0 radical (unpaired) electrons. The molecule has 0 saturated carbocycles. The Hall–Kier alpha value is -1.24. The summed E-state index contributed by atoms with van der Waals surface area (Å²) in [5.41, 5.74) is 0.358. The number of hydrogen-bond acceptors (Lipinski definition) is 5. The third kappa shape index (κ3) is 2.92. The van der Waals surface area contributed by atoms with Gasteiger partial charge in [-0.15, -0.1) is 10.2 Å². The van der Waals surface area contributed by atoms with Crippen LogP contribution in [-0.2, 0) is 4.74 Å². The summed E-state index contributed by atoms with van der Waals surface area (Å²) in [5.74, 6) is -0.0649. The minimum atomic E-state index is -0.0649. The average Bonchev–Trinajstić information content (AvgIpc) is 2.98. The van der Waals surface area contributed by atoms with Crippen molar-refractivity contribution in [1.82, 2.24) is 20.0 Å². The molecule has 0 N–H and O–H groups in total. The van der Waals surface area contributed by atoms with Gasteiger partial charge in [-0.25, -0.2) is 0 Å². The third-order valence-electron chi connectivity index (χ3n) is 3.86. The first kappa shape index (κ1) is 13.7. The summed E-state index contributed by atoms with van der Waals surface area (Å²) in [7, 11) is 0. The lowest BCUT2D eigenvalue weighted by Gasteiger charge is -2.32. The molecular weight excluding hydrogens is 280 g/mol. The second-order valence-electron chi connectivity index (χ2n) is 5.08. The van der Waals surface area contributed by atoms with E-state index < -0.39 is 0 Å². The summed E-state index contributed by atoms with van der Waals surface area (Å²) in [6.07, 6.45) is 1.01. The molecule has 1 amide bonds. The van der Waals surface area contributed by atoms with Crippen molar-refractivity contribution in [2.24, 2.45) is 0 Å². The minimum absolute atomic E-state index is 0.0649. The number of nitrogens with zero attached hydrogens (tertiary/aromatic N) is 4. The molecule has 0 spiro atoms.